The molecule has 5 nitrogen and oxygen atoms in total. The summed E-state index contributed by atoms with van der Waals surface area (Å²) in [6.07, 6.45) is 1.19. The quantitative estimate of drug-likeness (QED) is 0.660. The summed E-state index contributed by atoms with van der Waals surface area (Å²) in [5, 5.41) is 0. The van der Waals surface area contributed by atoms with Crippen LogP contribution in [0, 0.1) is 0 Å². The second-order valence-corrected chi connectivity index (χ2v) is 6.11. The Balaban J connectivity index is 2.04. The highest BCUT2D eigenvalue weighted by Crippen LogP contribution is 2.28. The number of nitrogens with zero attached hydrogens (tertiary/aromatic N) is 2. The van der Waals surface area contributed by atoms with Crippen molar-refractivity contribution in [3.05, 3.63) is 0 Å². The van der Waals surface area contributed by atoms with Gasteiger partial charge in [-0.05, 0) is 34.1 Å². The molecule has 2 saturated heterocycles. The van der Waals surface area contributed by atoms with Crippen LogP contribution in [0.4, 0.5) is 4.79 Å². The monoisotopic (exact) mass is 254 g/mol. The van der Waals surface area contributed by atoms with Crippen LogP contribution >= 0.6 is 0 Å². The number of fused-ring (bicyclic) bond motifs is 1. The van der Waals surface area contributed by atoms with E-state index in [9.17, 15) is 9.59 Å². The highest BCUT2D eigenvalue weighted by molar-refractivity contribution is 5.79. The molecule has 0 aromatic rings. The van der Waals surface area contributed by atoms with E-state index in [1.807, 2.05) is 32.6 Å². The first-order chi connectivity index (χ1) is 8.29. The van der Waals surface area contributed by atoms with E-state index in [0.29, 0.717) is 19.5 Å². The van der Waals surface area contributed by atoms with Crippen LogP contribution in [-0.4, -0.2) is 52.6 Å². The number of hydrogen-bond acceptors (Lipinski definition) is 3. The van der Waals surface area contributed by atoms with Gasteiger partial charge in [-0.15, -0.1) is 0 Å². The highest BCUT2D eigenvalue weighted by Gasteiger charge is 2.42. The Bertz CT molecular complexity index is 362. The van der Waals surface area contributed by atoms with E-state index in [-0.39, 0.29) is 24.1 Å². The molecule has 18 heavy (non-hydrogen) atoms. The first-order valence-corrected chi connectivity index (χ1v) is 6.59. The van der Waals surface area contributed by atoms with Crippen LogP contribution in [0.5, 0.6) is 0 Å². The van der Waals surface area contributed by atoms with Crippen LogP contribution in [0.3, 0.4) is 0 Å². The summed E-state index contributed by atoms with van der Waals surface area (Å²) in [5.74, 6) is 0.218. The topological polar surface area (TPSA) is 49.9 Å². The van der Waals surface area contributed by atoms with E-state index in [2.05, 4.69) is 0 Å². The average molecular weight is 254 g/mol. The maximum atomic E-state index is 12.1. The number of piperazine rings is 1. The predicted molar refractivity (Wildman–Crippen MR) is 67.1 cm³/mol. The molecule has 0 bridgehead atoms. The Kier molecular flexibility index (Phi) is 3.25. The van der Waals surface area contributed by atoms with Crippen LogP contribution in [0.15, 0.2) is 0 Å². The third-order valence-electron chi connectivity index (χ3n) is 3.63. The molecule has 0 N–H and O–H groups in total. The van der Waals surface area contributed by atoms with Crippen molar-refractivity contribution in [3.8, 4) is 0 Å². The SMILES string of the molecule is CC1C2CCC(=O)N2CCN1C(=O)OC(C)(C)C. The van der Waals surface area contributed by atoms with Crippen LogP contribution in [0.2, 0.25) is 0 Å². The Labute approximate surface area is 108 Å². The van der Waals surface area contributed by atoms with E-state index < -0.39 is 5.60 Å². The van der Waals surface area contributed by atoms with Gasteiger partial charge in [-0.1, -0.05) is 0 Å². The largest absolute Gasteiger partial charge is 0.444 e. The van der Waals surface area contributed by atoms with Crippen molar-refractivity contribution in [2.75, 3.05) is 13.1 Å². The summed E-state index contributed by atoms with van der Waals surface area (Å²) in [4.78, 5) is 27.4. The summed E-state index contributed by atoms with van der Waals surface area (Å²) in [5.41, 5.74) is -0.473. The van der Waals surface area contributed by atoms with Crippen molar-refractivity contribution in [1.29, 1.82) is 0 Å². The summed E-state index contributed by atoms with van der Waals surface area (Å²) in [6, 6.07) is 0.207. The van der Waals surface area contributed by atoms with E-state index >= 15 is 0 Å². The lowest BCUT2D eigenvalue weighted by Crippen LogP contribution is -2.59. The number of carbonyl (C=O) groups excluding carboxylic acids is 2. The van der Waals surface area contributed by atoms with Gasteiger partial charge in [-0.3, -0.25) is 4.79 Å². The minimum atomic E-state index is -0.473. The van der Waals surface area contributed by atoms with Gasteiger partial charge in [-0.25, -0.2) is 4.79 Å². The number of ether oxygens (including phenoxy) is 1. The van der Waals surface area contributed by atoms with E-state index in [1.54, 1.807) is 4.90 Å². The average Bonchev–Trinajstić information content (AvgIpc) is 2.59. The van der Waals surface area contributed by atoms with Crippen molar-refractivity contribution < 1.29 is 14.3 Å². The second kappa shape index (κ2) is 4.44. The molecule has 2 rings (SSSR count). The fourth-order valence-electron chi connectivity index (χ4n) is 2.75. The number of amides is 2. The van der Waals surface area contributed by atoms with Crippen molar-refractivity contribution in [3.63, 3.8) is 0 Å². The molecule has 2 aliphatic heterocycles. The van der Waals surface area contributed by atoms with Gasteiger partial charge in [0, 0.05) is 19.5 Å². The third kappa shape index (κ3) is 2.44. The molecule has 2 heterocycles. The van der Waals surface area contributed by atoms with Gasteiger partial charge in [0.25, 0.3) is 0 Å². The van der Waals surface area contributed by atoms with Crippen molar-refractivity contribution in [1.82, 2.24) is 9.80 Å². The van der Waals surface area contributed by atoms with Crippen LogP contribution < -0.4 is 0 Å². The first kappa shape index (κ1) is 13.2. The van der Waals surface area contributed by atoms with Gasteiger partial charge in [-0.2, -0.15) is 0 Å². The van der Waals surface area contributed by atoms with E-state index in [1.165, 1.54) is 0 Å². The smallest absolute Gasteiger partial charge is 0.410 e. The Morgan fingerprint density at radius 2 is 2.00 bits per heavy atom. The molecule has 0 aromatic carbocycles. The lowest BCUT2D eigenvalue weighted by Gasteiger charge is -2.43. The maximum absolute atomic E-state index is 12.1. The fraction of sp³-hybridized carbons (Fsp3) is 0.846. The molecule has 102 valence electrons. The van der Waals surface area contributed by atoms with E-state index in [4.69, 9.17) is 4.74 Å². The zero-order valence-corrected chi connectivity index (χ0v) is 11.6. The molecule has 0 radical (unpaired) electrons. The van der Waals surface area contributed by atoms with Crippen molar-refractivity contribution in [2.45, 2.75) is 58.2 Å². The molecule has 2 atom stereocenters. The molecule has 5 heteroatoms. The van der Waals surface area contributed by atoms with Crippen LogP contribution in [0.1, 0.15) is 40.5 Å². The van der Waals surface area contributed by atoms with Gasteiger partial charge in [0.2, 0.25) is 5.91 Å². The summed E-state index contributed by atoms with van der Waals surface area (Å²) < 4.78 is 5.41. The van der Waals surface area contributed by atoms with Gasteiger partial charge in [0.05, 0.1) is 12.1 Å². The molecular weight excluding hydrogens is 232 g/mol. The zero-order valence-electron chi connectivity index (χ0n) is 11.6. The molecule has 2 aliphatic rings. The molecule has 2 fully saturated rings. The Morgan fingerprint density at radius 1 is 1.33 bits per heavy atom. The zero-order chi connectivity index (χ0) is 13.5. The fourth-order valence-corrected chi connectivity index (χ4v) is 2.75. The third-order valence-corrected chi connectivity index (χ3v) is 3.63. The summed E-state index contributed by atoms with van der Waals surface area (Å²) >= 11 is 0. The Morgan fingerprint density at radius 3 is 2.61 bits per heavy atom. The molecule has 0 saturated carbocycles. The van der Waals surface area contributed by atoms with Gasteiger partial charge in [0.1, 0.15) is 5.60 Å². The molecular formula is C13H22N2O3. The standard InChI is InChI=1S/C13H22N2O3/c1-9-10-5-6-11(16)15(10)8-7-14(9)12(17)18-13(2,3)4/h9-10H,5-8H2,1-4H3. The highest BCUT2D eigenvalue weighted by atomic mass is 16.6. The maximum Gasteiger partial charge on any atom is 0.410 e. The first-order valence-electron chi connectivity index (χ1n) is 6.59. The van der Waals surface area contributed by atoms with Crippen molar-refractivity contribution >= 4 is 12.0 Å². The lowest BCUT2D eigenvalue weighted by molar-refractivity contribution is -0.131. The summed E-state index contributed by atoms with van der Waals surface area (Å²) in [7, 11) is 0. The lowest BCUT2D eigenvalue weighted by atomic mass is 10.0. The van der Waals surface area contributed by atoms with Crippen LogP contribution in [-0.2, 0) is 9.53 Å². The molecule has 2 unspecified atom stereocenters. The summed E-state index contributed by atoms with van der Waals surface area (Å²) in [6.45, 7) is 8.80. The van der Waals surface area contributed by atoms with Crippen molar-refractivity contribution in [2.24, 2.45) is 0 Å². The number of carbonyl (C=O) groups is 2. The molecule has 0 aliphatic carbocycles. The van der Waals surface area contributed by atoms with E-state index in [0.717, 1.165) is 6.42 Å². The van der Waals surface area contributed by atoms with Gasteiger partial charge < -0.3 is 14.5 Å². The normalized spacial score (nSPS) is 28.3. The minimum Gasteiger partial charge on any atom is -0.444 e. The Hall–Kier alpha value is -1.26. The minimum absolute atomic E-state index is 0.0417. The predicted octanol–water partition coefficient (Wildman–Crippen LogP) is 1.62. The van der Waals surface area contributed by atoms with Gasteiger partial charge >= 0.3 is 6.09 Å². The molecule has 2 amide bonds. The van der Waals surface area contributed by atoms with Crippen LogP contribution in [0.25, 0.3) is 0 Å². The van der Waals surface area contributed by atoms with Gasteiger partial charge in [0.15, 0.2) is 0 Å². The number of rotatable bonds is 0. The second-order valence-electron chi connectivity index (χ2n) is 6.11. The molecule has 0 aromatic heterocycles. The molecule has 0 spiro atoms. The number of hydrogen-bond donors (Lipinski definition) is 0.